The molecule has 0 amide bonds. The minimum absolute atomic E-state index is 0.675. The van der Waals surface area contributed by atoms with E-state index in [1.807, 2.05) is 18.0 Å². The number of hydrogen-bond donors (Lipinski definition) is 1. The number of thioether (sulfide) groups is 1. The summed E-state index contributed by atoms with van der Waals surface area (Å²) in [7, 11) is 0. The van der Waals surface area contributed by atoms with Crippen molar-refractivity contribution in [1.82, 2.24) is 4.98 Å². The van der Waals surface area contributed by atoms with Gasteiger partial charge in [-0.1, -0.05) is 6.92 Å². The highest BCUT2D eigenvalue weighted by Gasteiger charge is 2.09. The van der Waals surface area contributed by atoms with E-state index in [0.29, 0.717) is 6.42 Å². The Morgan fingerprint density at radius 2 is 2.22 bits per heavy atom. The van der Waals surface area contributed by atoms with Crippen molar-refractivity contribution in [2.24, 2.45) is 0 Å². The third-order valence-corrected chi connectivity index (χ3v) is 4.11. The van der Waals surface area contributed by atoms with Gasteiger partial charge in [-0.2, -0.15) is 17.0 Å². The van der Waals surface area contributed by atoms with Gasteiger partial charge in [-0.25, -0.2) is 9.55 Å². The average molecular weight is 266 g/mol. The summed E-state index contributed by atoms with van der Waals surface area (Å²) in [5, 5.41) is 8.50. The Bertz CT molecular complexity index is 354. The molecule has 1 aromatic heterocycles. The highest BCUT2D eigenvalue weighted by molar-refractivity contribution is 7.99. The van der Waals surface area contributed by atoms with Crippen LogP contribution in [0, 0.1) is 11.3 Å². The van der Waals surface area contributed by atoms with E-state index in [2.05, 4.69) is 28.7 Å². The van der Waals surface area contributed by atoms with Crippen LogP contribution in [0.2, 0.25) is 0 Å². The molecule has 3 nitrogen and oxygen atoms in total. The lowest BCUT2D eigenvalue weighted by atomic mass is 10.2. The van der Waals surface area contributed by atoms with Gasteiger partial charge in [0.05, 0.1) is 12.6 Å². The largest absolute Gasteiger partial charge is 0.254 e. The van der Waals surface area contributed by atoms with Crippen LogP contribution in [0.1, 0.15) is 44.9 Å². The van der Waals surface area contributed by atoms with Crippen molar-refractivity contribution in [1.29, 1.82) is 5.26 Å². The molecular formula is C14H24N3S+. The third-order valence-electron chi connectivity index (χ3n) is 2.84. The molecule has 0 aliphatic heterocycles. The van der Waals surface area contributed by atoms with Gasteiger partial charge in [-0.05, 0) is 37.2 Å². The van der Waals surface area contributed by atoms with E-state index in [1.165, 1.54) is 30.2 Å². The molecule has 18 heavy (non-hydrogen) atoms. The normalized spacial score (nSPS) is 10.4. The molecule has 0 atom stereocenters. The molecule has 1 N–H and O–H groups in total. The number of aryl methyl sites for hydroxylation is 2. The quantitative estimate of drug-likeness (QED) is 0.522. The van der Waals surface area contributed by atoms with Crippen LogP contribution >= 0.6 is 11.8 Å². The van der Waals surface area contributed by atoms with Gasteiger partial charge >= 0.3 is 0 Å². The second kappa shape index (κ2) is 10.0. The lowest BCUT2D eigenvalue weighted by Crippen LogP contribution is -2.36. The van der Waals surface area contributed by atoms with Crippen molar-refractivity contribution in [3.63, 3.8) is 0 Å². The maximum Gasteiger partial charge on any atom is 0.254 e. The number of H-pyrrole nitrogens is 1. The Kier molecular flexibility index (Phi) is 8.41. The molecule has 4 heteroatoms. The molecule has 1 aromatic rings. The predicted molar refractivity (Wildman–Crippen MR) is 76.4 cm³/mol. The molecule has 1 rings (SSSR count). The van der Waals surface area contributed by atoms with E-state index >= 15 is 0 Å². The second-order valence-corrected chi connectivity index (χ2v) is 5.66. The van der Waals surface area contributed by atoms with Crippen LogP contribution in [0.5, 0.6) is 0 Å². The molecule has 0 fully saturated rings. The van der Waals surface area contributed by atoms with Crippen LogP contribution in [0.4, 0.5) is 0 Å². The summed E-state index contributed by atoms with van der Waals surface area (Å²) in [6.45, 7) is 3.26. The summed E-state index contributed by atoms with van der Waals surface area (Å²) in [4.78, 5) is 3.33. The highest BCUT2D eigenvalue weighted by atomic mass is 32.2. The third kappa shape index (κ3) is 6.11. The van der Waals surface area contributed by atoms with Gasteiger partial charge in [0.15, 0.2) is 0 Å². The average Bonchev–Trinajstić information content (AvgIpc) is 2.82. The van der Waals surface area contributed by atoms with Crippen LogP contribution in [0.15, 0.2) is 12.4 Å². The number of nitrogens with one attached hydrogen (secondary N) is 1. The predicted octanol–water partition coefficient (Wildman–Crippen LogP) is 3.07. The Morgan fingerprint density at radius 3 is 3.00 bits per heavy atom. The summed E-state index contributed by atoms with van der Waals surface area (Å²) in [5.41, 5.74) is 0. The topological polar surface area (TPSA) is 43.5 Å². The molecule has 0 aliphatic rings. The molecule has 0 bridgehead atoms. The van der Waals surface area contributed by atoms with Crippen LogP contribution < -0.4 is 4.57 Å². The number of nitriles is 1. The fourth-order valence-corrected chi connectivity index (χ4v) is 2.74. The minimum Gasteiger partial charge on any atom is -0.248 e. The number of hydrogen-bond acceptors (Lipinski definition) is 2. The number of imidazole rings is 1. The number of rotatable bonds is 10. The lowest BCUT2D eigenvalue weighted by Gasteiger charge is -2.01. The fourth-order valence-electron chi connectivity index (χ4n) is 1.90. The molecule has 1 heterocycles. The van der Waals surface area contributed by atoms with Crippen molar-refractivity contribution in [2.45, 2.75) is 52.0 Å². The first-order valence-corrected chi connectivity index (χ1v) is 8.04. The van der Waals surface area contributed by atoms with Gasteiger partial charge in [0.25, 0.3) is 5.82 Å². The van der Waals surface area contributed by atoms with E-state index in [0.717, 1.165) is 25.8 Å². The van der Waals surface area contributed by atoms with Crippen molar-refractivity contribution in [3.05, 3.63) is 18.2 Å². The molecule has 0 spiro atoms. The zero-order chi connectivity index (χ0) is 13.1. The second-order valence-electron chi connectivity index (χ2n) is 4.43. The molecule has 0 saturated heterocycles. The maximum atomic E-state index is 8.50. The summed E-state index contributed by atoms with van der Waals surface area (Å²) in [5.74, 6) is 3.85. The summed E-state index contributed by atoms with van der Waals surface area (Å²) < 4.78 is 2.29. The van der Waals surface area contributed by atoms with Crippen molar-refractivity contribution < 1.29 is 4.57 Å². The molecule has 0 aromatic carbocycles. The number of aromatic amines is 1. The number of aromatic nitrogens is 2. The van der Waals surface area contributed by atoms with E-state index in [1.54, 1.807) is 0 Å². The Hall–Kier alpha value is -0.950. The molecule has 100 valence electrons. The van der Waals surface area contributed by atoms with Crippen molar-refractivity contribution in [2.75, 3.05) is 11.5 Å². The van der Waals surface area contributed by atoms with Gasteiger partial charge in [0.2, 0.25) is 0 Å². The van der Waals surface area contributed by atoms with Gasteiger partial charge in [0.1, 0.15) is 12.4 Å². The molecular weight excluding hydrogens is 242 g/mol. The lowest BCUT2D eigenvalue weighted by molar-refractivity contribution is -0.703. The van der Waals surface area contributed by atoms with E-state index in [-0.39, 0.29) is 0 Å². The maximum absolute atomic E-state index is 8.50. The first kappa shape index (κ1) is 15.1. The number of nitrogens with zero attached hydrogens (tertiary/aromatic N) is 2. The molecule has 0 unspecified atom stereocenters. The summed E-state index contributed by atoms with van der Waals surface area (Å²) >= 11 is 2.05. The fraction of sp³-hybridized carbons (Fsp3) is 0.714. The molecule has 0 aliphatic carbocycles. The SMILES string of the molecule is CCCSCCCc1[nH]cc[n+]1CCCCC#N. The van der Waals surface area contributed by atoms with Gasteiger partial charge in [-0.3, -0.25) is 0 Å². The molecule has 0 saturated carbocycles. The van der Waals surface area contributed by atoms with Crippen LogP contribution in [-0.4, -0.2) is 16.5 Å². The Labute approximate surface area is 115 Å². The molecule has 0 radical (unpaired) electrons. The van der Waals surface area contributed by atoms with E-state index < -0.39 is 0 Å². The summed E-state index contributed by atoms with van der Waals surface area (Å²) in [6, 6.07) is 2.20. The van der Waals surface area contributed by atoms with Gasteiger partial charge < -0.3 is 0 Å². The smallest absolute Gasteiger partial charge is 0.248 e. The van der Waals surface area contributed by atoms with Crippen LogP contribution in [0.3, 0.4) is 0 Å². The van der Waals surface area contributed by atoms with Crippen LogP contribution in [0.25, 0.3) is 0 Å². The first-order valence-electron chi connectivity index (χ1n) is 6.89. The Balaban J connectivity index is 2.20. The van der Waals surface area contributed by atoms with E-state index in [9.17, 15) is 0 Å². The highest BCUT2D eigenvalue weighted by Crippen LogP contribution is 2.06. The Morgan fingerprint density at radius 1 is 1.33 bits per heavy atom. The van der Waals surface area contributed by atoms with Gasteiger partial charge in [-0.15, -0.1) is 0 Å². The minimum atomic E-state index is 0.675. The first-order chi connectivity index (χ1) is 8.88. The monoisotopic (exact) mass is 266 g/mol. The summed E-state index contributed by atoms with van der Waals surface area (Å²) in [6.07, 6.45) is 10.5. The van der Waals surface area contributed by atoms with Crippen LogP contribution in [-0.2, 0) is 13.0 Å². The van der Waals surface area contributed by atoms with Gasteiger partial charge in [0, 0.05) is 12.8 Å². The zero-order valence-electron chi connectivity index (χ0n) is 11.3. The standard InChI is InChI=1S/C14H23N3S/c1-2-12-18-13-6-7-14-16-9-11-17(14)10-5-3-4-8-15/h9,11H,2-7,10,12-13H2,1H3/p+1. The van der Waals surface area contributed by atoms with E-state index in [4.69, 9.17) is 5.26 Å². The zero-order valence-corrected chi connectivity index (χ0v) is 12.1. The van der Waals surface area contributed by atoms with Crippen molar-refractivity contribution >= 4 is 11.8 Å². The number of unbranched alkanes of at least 4 members (excludes halogenated alkanes) is 2. The van der Waals surface area contributed by atoms with Crippen molar-refractivity contribution in [3.8, 4) is 6.07 Å².